The fourth-order valence-electron chi connectivity index (χ4n) is 3.08. The van der Waals surface area contributed by atoms with E-state index in [0.29, 0.717) is 6.42 Å². The molecule has 0 saturated carbocycles. The summed E-state index contributed by atoms with van der Waals surface area (Å²) >= 11 is 3.57. The summed E-state index contributed by atoms with van der Waals surface area (Å²) < 4.78 is 6.69. The van der Waals surface area contributed by atoms with Gasteiger partial charge in [0.2, 0.25) is 5.89 Å². The van der Waals surface area contributed by atoms with E-state index in [1.807, 2.05) is 18.2 Å². The number of nitrogens with one attached hydrogen (secondary N) is 1. The van der Waals surface area contributed by atoms with Crippen LogP contribution in [0.15, 0.2) is 33.3 Å². The van der Waals surface area contributed by atoms with Crippen LogP contribution in [0.3, 0.4) is 0 Å². The molecule has 1 saturated heterocycles. The number of hydrogen-bond acceptors (Lipinski definition) is 4. The van der Waals surface area contributed by atoms with Crippen LogP contribution < -0.4 is 5.32 Å². The van der Waals surface area contributed by atoms with Crippen molar-refractivity contribution in [1.82, 2.24) is 15.5 Å². The lowest BCUT2D eigenvalue weighted by Gasteiger charge is -2.22. The van der Waals surface area contributed by atoms with Crippen LogP contribution in [0.5, 0.6) is 0 Å². The first kappa shape index (κ1) is 14.7. The monoisotopic (exact) mass is 349 g/mol. The van der Waals surface area contributed by atoms with E-state index < -0.39 is 0 Å². The van der Waals surface area contributed by atoms with Crippen LogP contribution in [0.1, 0.15) is 43.5 Å². The number of benzene rings is 1. The largest absolute Gasteiger partial charge is 0.339 e. The molecule has 1 aliphatic heterocycles. The molecule has 112 valence electrons. The number of nitrogens with zero attached hydrogens (tertiary/aromatic N) is 2. The Hall–Kier alpha value is -1.20. The Morgan fingerprint density at radius 2 is 2.24 bits per heavy atom. The molecule has 2 heterocycles. The van der Waals surface area contributed by atoms with Crippen LogP contribution in [-0.2, 0) is 11.8 Å². The smallest absolute Gasteiger partial charge is 0.234 e. The third kappa shape index (κ3) is 3.04. The zero-order valence-corrected chi connectivity index (χ0v) is 13.8. The highest BCUT2D eigenvalue weighted by Gasteiger charge is 2.40. The zero-order chi connectivity index (χ0) is 14.7. The molecule has 21 heavy (non-hydrogen) atoms. The van der Waals surface area contributed by atoms with Crippen LogP contribution in [0.25, 0.3) is 0 Å². The number of rotatable bonds is 5. The summed E-state index contributed by atoms with van der Waals surface area (Å²) in [5.41, 5.74) is 1.22. The molecule has 5 heteroatoms. The van der Waals surface area contributed by atoms with Crippen molar-refractivity contribution in [2.24, 2.45) is 0 Å². The molecule has 0 amide bonds. The molecule has 2 aromatic rings. The van der Waals surface area contributed by atoms with E-state index in [0.717, 1.165) is 48.5 Å². The summed E-state index contributed by atoms with van der Waals surface area (Å²) in [4.78, 5) is 4.68. The fraction of sp³-hybridized carbons (Fsp3) is 0.500. The first-order valence-corrected chi connectivity index (χ1v) is 8.30. The van der Waals surface area contributed by atoms with Gasteiger partial charge in [0.1, 0.15) is 0 Å². The van der Waals surface area contributed by atoms with Gasteiger partial charge in [-0.15, -0.1) is 0 Å². The van der Waals surface area contributed by atoms with Crippen molar-refractivity contribution >= 4 is 15.9 Å². The Morgan fingerprint density at radius 1 is 1.38 bits per heavy atom. The van der Waals surface area contributed by atoms with Crippen LogP contribution in [-0.4, -0.2) is 23.2 Å². The van der Waals surface area contributed by atoms with Crippen molar-refractivity contribution in [2.45, 2.75) is 38.0 Å². The molecule has 0 bridgehead atoms. The van der Waals surface area contributed by atoms with Gasteiger partial charge in [0.25, 0.3) is 0 Å². The van der Waals surface area contributed by atoms with Crippen molar-refractivity contribution in [3.05, 3.63) is 46.0 Å². The van der Waals surface area contributed by atoms with E-state index in [-0.39, 0.29) is 5.41 Å². The summed E-state index contributed by atoms with van der Waals surface area (Å²) in [5, 5.41) is 7.62. The van der Waals surface area contributed by atoms with Crippen LogP contribution in [0, 0.1) is 0 Å². The van der Waals surface area contributed by atoms with Gasteiger partial charge in [0.05, 0.1) is 5.41 Å². The van der Waals surface area contributed by atoms with E-state index >= 15 is 0 Å². The summed E-state index contributed by atoms with van der Waals surface area (Å²) in [6.45, 7) is 4.18. The zero-order valence-electron chi connectivity index (χ0n) is 12.2. The standard InChI is InChI=1S/C16H20BrN3O/c1-2-7-16(8-9-18-11-16)15-19-14(20-21-15)10-12-5-3-4-6-13(12)17/h3-6,18H,2,7-11H2,1H3. The lowest BCUT2D eigenvalue weighted by atomic mass is 9.82. The predicted molar refractivity (Wildman–Crippen MR) is 85.3 cm³/mol. The van der Waals surface area contributed by atoms with E-state index in [9.17, 15) is 0 Å². The molecular weight excluding hydrogens is 330 g/mol. The highest BCUT2D eigenvalue weighted by atomic mass is 79.9. The topological polar surface area (TPSA) is 51.0 Å². The summed E-state index contributed by atoms with van der Waals surface area (Å²) in [7, 11) is 0. The number of hydrogen-bond donors (Lipinski definition) is 1. The molecule has 1 aromatic carbocycles. The average molecular weight is 350 g/mol. The Balaban J connectivity index is 1.81. The maximum atomic E-state index is 5.60. The number of aromatic nitrogens is 2. The van der Waals surface area contributed by atoms with E-state index in [1.54, 1.807) is 0 Å². The van der Waals surface area contributed by atoms with Crippen LogP contribution >= 0.6 is 15.9 Å². The molecule has 3 rings (SSSR count). The molecule has 1 N–H and O–H groups in total. The molecule has 4 nitrogen and oxygen atoms in total. The van der Waals surface area contributed by atoms with Crippen molar-refractivity contribution in [3.8, 4) is 0 Å². The van der Waals surface area contributed by atoms with Gasteiger partial charge < -0.3 is 9.84 Å². The lowest BCUT2D eigenvalue weighted by Crippen LogP contribution is -2.29. The Morgan fingerprint density at radius 3 is 2.95 bits per heavy atom. The maximum Gasteiger partial charge on any atom is 0.234 e. The Kier molecular flexibility index (Phi) is 4.40. The highest BCUT2D eigenvalue weighted by Crippen LogP contribution is 2.34. The quantitative estimate of drug-likeness (QED) is 0.897. The van der Waals surface area contributed by atoms with Gasteiger partial charge in [-0.25, -0.2) is 0 Å². The molecule has 0 aliphatic carbocycles. The normalized spacial score (nSPS) is 21.8. The fourth-order valence-corrected chi connectivity index (χ4v) is 3.50. The summed E-state index contributed by atoms with van der Waals surface area (Å²) in [6, 6.07) is 8.16. The molecule has 1 unspecified atom stereocenters. The van der Waals surface area contributed by atoms with Gasteiger partial charge in [0.15, 0.2) is 5.82 Å². The lowest BCUT2D eigenvalue weighted by molar-refractivity contribution is 0.276. The Bertz CT molecular complexity index is 605. The molecule has 0 spiro atoms. The number of halogens is 1. The Labute approximate surface area is 133 Å². The molecular formula is C16H20BrN3O. The van der Waals surface area contributed by atoms with Gasteiger partial charge in [-0.1, -0.05) is 52.6 Å². The molecule has 0 radical (unpaired) electrons. The summed E-state index contributed by atoms with van der Waals surface area (Å²) in [5.74, 6) is 1.57. The minimum Gasteiger partial charge on any atom is -0.339 e. The van der Waals surface area contributed by atoms with Gasteiger partial charge in [0, 0.05) is 17.4 Å². The van der Waals surface area contributed by atoms with Gasteiger partial charge in [-0.2, -0.15) is 4.98 Å². The van der Waals surface area contributed by atoms with E-state index in [1.165, 1.54) is 5.56 Å². The minimum atomic E-state index is 0.0356. The molecule has 1 aliphatic rings. The predicted octanol–water partition coefficient (Wildman–Crippen LogP) is 3.45. The molecule has 1 atom stereocenters. The second-order valence-electron chi connectivity index (χ2n) is 5.74. The van der Waals surface area contributed by atoms with E-state index in [2.05, 4.69) is 44.4 Å². The average Bonchev–Trinajstić information content (AvgIpc) is 3.12. The van der Waals surface area contributed by atoms with Gasteiger partial charge in [-0.3, -0.25) is 0 Å². The van der Waals surface area contributed by atoms with Crippen molar-refractivity contribution in [2.75, 3.05) is 13.1 Å². The minimum absolute atomic E-state index is 0.0356. The van der Waals surface area contributed by atoms with Crippen molar-refractivity contribution < 1.29 is 4.52 Å². The van der Waals surface area contributed by atoms with E-state index in [4.69, 9.17) is 4.52 Å². The third-order valence-corrected chi connectivity index (χ3v) is 4.97. The van der Waals surface area contributed by atoms with Crippen molar-refractivity contribution in [1.29, 1.82) is 0 Å². The first-order valence-electron chi connectivity index (χ1n) is 7.51. The second-order valence-corrected chi connectivity index (χ2v) is 6.60. The third-order valence-electron chi connectivity index (χ3n) is 4.20. The molecule has 1 fully saturated rings. The molecule has 1 aromatic heterocycles. The summed E-state index contributed by atoms with van der Waals surface area (Å²) in [6.07, 6.45) is 4.00. The van der Waals surface area contributed by atoms with Gasteiger partial charge >= 0.3 is 0 Å². The first-order chi connectivity index (χ1) is 10.2. The second kappa shape index (κ2) is 6.28. The van der Waals surface area contributed by atoms with Gasteiger partial charge in [-0.05, 0) is 31.0 Å². The van der Waals surface area contributed by atoms with Crippen molar-refractivity contribution in [3.63, 3.8) is 0 Å². The maximum absolute atomic E-state index is 5.60. The van der Waals surface area contributed by atoms with Crippen LogP contribution in [0.4, 0.5) is 0 Å². The van der Waals surface area contributed by atoms with Crippen LogP contribution in [0.2, 0.25) is 0 Å². The highest BCUT2D eigenvalue weighted by molar-refractivity contribution is 9.10. The SMILES string of the molecule is CCCC1(c2nc(Cc3ccccc3Br)no2)CCNC1.